The number of phenols is 1. The van der Waals surface area contributed by atoms with E-state index in [2.05, 4.69) is 100 Å². The van der Waals surface area contributed by atoms with Crippen LogP contribution in [0.2, 0.25) is 0 Å². The molecule has 0 amide bonds. The molecule has 1 unspecified atom stereocenters. The highest BCUT2D eigenvalue weighted by atomic mass is 16.3. The Morgan fingerprint density at radius 3 is 2.16 bits per heavy atom. The third kappa shape index (κ3) is 5.03. The van der Waals surface area contributed by atoms with Gasteiger partial charge in [-0.15, -0.1) is 0 Å². The Kier molecular flexibility index (Phi) is 6.78. The summed E-state index contributed by atoms with van der Waals surface area (Å²) in [6.45, 7) is 9.01. The van der Waals surface area contributed by atoms with Crippen LogP contribution in [0.3, 0.4) is 0 Å². The van der Waals surface area contributed by atoms with Gasteiger partial charge in [-0.05, 0) is 75.7 Å². The molecule has 0 bridgehead atoms. The zero-order valence-electron chi connectivity index (χ0n) is 25.4. The van der Waals surface area contributed by atoms with Crippen LogP contribution in [0.5, 0.6) is 5.75 Å². The molecule has 1 N–H and O–H groups in total. The van der Waals surface area contributed by atoms with Crippen LogP contribution in [0.15, 0.2) is 126 Å². The number of nitrogens with zero attached hydrogens (tertiary/aromatic N) is 2. The Balaban J connectivity index is 1.48. The molecule has 0 saturated carbocycles. The third-order valence-corrected chi connectivity index (χ3v) is 8.50. The van der Waals surface area contributed by atoms with Crippen LogP contribution in [0.1, 0.15) is 50.3 Å². The van der Waals surface area contributed by atoms with Crippen molar-refractivity contribution in [1.82, 2.24) is 9.97 Å². The van der Waals surface area contributed by atoms with E-state index in [1.165, 1.54) is 16.7 Å². The third-order valence-electron chi connectivity index (χ3n) is 8.50. The van der Waals surface area contributed by atoms with Gasteiger partial charge in [-0.25, -0.2) is 4.98 Å². The largest absolute Gasteiger partial charge is 0.507 e. The Labute approximate surface area is 257 Å². The van der Waals surface area contributed by atoms with Crippen LogP contribution in [0.25, 0.3) is 55.7 Å². The molecule has 216 valence electrons. The highest BCUT2D eigenvalue weighted by Crippen LogP contribution is 2.40. The summed E-state index contributed by atoms with van der Waals surface area (Å²) in [5, 5.41) is 11.6. The number of phenolic OH excluding ortho intramolecular Hbond substituents is 1. The van der Waals surface area contributed by atoms with E-state index in [0.29, 0.717) is 17.0 Å². The van der Waals surface area contributed by atoms with Crippen LogP contribution < -0.4 is 0 Å². The SMILES string of the molecule is CC(c1ccccc1)c1cc(-c2cc(C(C)(C)C)cc3cccnc23)cc(-c2cccc3oc(-c4ccccc4O)nc23)c1. The molecule has 44 heavy (non-hydrogen) atoms. The molecule has 0 aliphatic carbocycles. The summed E-state index contributed by atoms with van der Waals surface area (Å²) in [5.74, 6) is 0.695. The minimum Gasteiger partial charge on any atom is -0.507 e. The van der Waals surface area contributed by atoms with Crippen LogP contribution in [0.4, 0.5) is 0 Å². The molecule has 2 aromatic heterocycles. The number of benzene rings is 5. The van der Waals surface area contributed by atoms with Crippen molar-refractivity contribution in [2.45, 2.75) is 39.0 Å². The zero-order chi connectivity index (χ0) is 30.4. The molecule has 4 nitrogen and oxygen atoms in total. The molecule has 4 heteroatoms. The van der Waals surface area contributed by atoms with Crippen molar-refractivity contribution in [2.24, 2.45) is 0 Å². The monoisotopic (exact) mass is 574 g/mol. The predicted molar refractivity (Wildman–Crippen MR) is 180 cm³/mol. The molecular weight excluding hydrogens is 540 g/mol. The smallest absolute Gasteiger partial charge is 0.231 e. The maximum absolute atomic E-state index is 10.5. The van der Waals surface area contributed by atoms with E-state index in [0.717, 1.165) is 38.7 Å². The fourth-order valence-corrected chi connectivity index (χ4v) is 5.94. The van der Waals surface area contributed by atoms with Crippen molar-refractivity contribution in [3.63, 3.8) is 0 Å². The maximum Gasteiger partial charge on any atom is 0.231 e. The summed E-state index contributed by atoms with van der Waals surface area (Å²) in [6, 6.07) is 39.3. The van der Waals surface area contributed by atoms with Gasteiger partial charge in [-0.1, -0.05) is 100 Å². The van der Waals surface area contributed by atoms with E-state index >= 15 is 0 Å². The van der Waals surface area contributed by atoms with E-state index in [1.54, 1.807) is 12.1 Å². The first-order valence-corrected chi connectivity index (χ1v) is 15.0. The Morgan fingerprint density at radius 1 is 0.659 bits per heavy atom. The van der Waals surface area contributed by atoms with Crippen molar-refractivity contribution >= 4 is 22.0 Å². The lowest BCUT2D eigenvalue weighted by Gasteiger charge is -2.22. The Morgan fingerprint density at radius 2 is 1.39 bits per heavy atom. The second kappa shape index (κ2) is 10.8. The normalized spacial score (nSPS) is 12.5. The summed E-state index contributed by atoms with van der Waals surface area (Å²) in [6.07, 6.45) is 1.87. The van der Waals surface area contributed by atoms with Crippen molar-refractivity contribution in [3.8, 4) is 39.5 Å². The van der Waals surface area contributed by atoms with Crippen molar-refractivity contribution in [2.75, 3.05) is 0 Å². The zero-order valence-corrected chi connectivity index (χ0v) is 25.4. The minimum atomic E-state index is -0.0255. The van der Waals surface area contributed by atoms with Crippen LogP contribution in [-0.2, 0) is 5.41 Å². The van der Waals surface area contributed by atoms with Crippen LogP contribution in [0, 0.1) is 0 Å². The fourth-order valence-electron chi connectivity index (χ4n) is 5.94. The molecule has 1 atom stereocenters. The van der Waals surface area contributed by atoms with Gasteiger partial charge in [0.25, 0.3) is 0 Å². The lowest BCUT2D eigenvalue weighted by atomic mass is 9.83. The average Bonchev–Trinajstić information content (AvgIpc) is 3.48. The molecule has 0 aliphatic rings. The molecule has 0 saturated heterocycles. The molecular formula is C40H34N2O2. The Bertz CT molecular complexity index is 2140. The summed E-state index contributed by atoms with van der Waals surface area (Å²) < 4.78 is 6.19. The van der Waals surface area contributed by atoms with E-state index in [1.807, 2.05) is 36.5 Å². The van der Waals surface area contributed by atoms with Gasteiger partial charge in [0, 0.05) is 28.6 Å². The van der Waals surface area contributed by atoms with Crippen molar-refractivity contribution in [1.29, 1.82) is 0 Å². The summed E-state index contributed by atoms with van der Waals surface area (Å²) in [5.41, 5.74) is 10.9. The second-order valence-electron chi connectivity index (χ2n) is 12.5. The Hall–Kier alpha value is -5.22. The van der Waals surface area contributed by atoms with E-state index < -0.39 is 0 Å². The summed E-state index contributed by atoms with van der Waals surface area (Å²) >= 11 is 0. The molecule has 0 aliphatic heterocycles. The van der Waals surface area contributed by atoms with Crippen molar-refractivity contribution < 1.29 is 9.52 Å². The second-order valence-corrected chi connectivity index (χ2v) is 12.5. The molecule has 2 heterocycles. The number of fused-ring (bicyclic) bond motifs is 2. The van der Waals surface area contributed by atoms with Gasteiger partial charge in [0.15, 0.2) is 5.58 Å². The van der Waals surface area contributed by atoms with Gasteiger partial charge < -0.3 is 9.52 Å². The standard InChI is InChI=1S/C40H34N2O2/c1-25(26-12-6-5-7-13-26)28-20-29(32-16-10-18-36-38(32)42-39(44-36)33-15-8-9-17-35(33)43)22-30(21-28)34-24-31(40(2,3)4)23-27-14-11-19-41-37(27)34/h5-25,43H,1-4H3. The topological polar surface area (TPSA) is 59.2 Å². The average molecular weight is 575 g/mol. The van der Waals surface area contributed by atoms with E-state index in [-0.39, 0.29) is 17.1 Å². The molecule has 5 aromatic carbocycles. The number of rotatable bonds is 5. The number of oxazole rings is 1. The molecule has 0 fully saturated rings. The highest BCUT2D eigenvalue weighted by Gasteiger charge is 2.21. The van der Waals surface area contributed by atoms with Crippen LogP contribution in [-0.4, -0.2) is 15.1 Å². The number of para-hydroxylation sites is 2. The number of aromatic nitrogens is 2. The van der Waals surface area contributed by atoms with Gasteiger partial charge in [0.05, 0.1) is 11.1 Å². The number of hydrogen-bond acceptors (Lipinski definition) is 4. The summed E-state index contributed by atoms with van der Waals surface area (Å²) in [4.78, 5) is 9.77. The van der Waals surface area contributed by atoms with Crippen LogP contribution >= 0.6 is 0 Å². The first-order valence-electron chi connectivity index (χ1n) is 15.0. The lowest BCUT2D eigenvalue weighted by Crippen LogP contribution is -2.11. The molecule has 7 rings (SSSR count). The quantitative estimate of drug-likeness (QED) is 0.222. The minimum absolute atomic E-state index is 0.0255. The first kappa shape index (κ1) is 27.6. The molecule has 0 radical (unpaired) electrons. The van der Waals surface area contributed by atoms with E-state index in [9.17, 15) is 5.11 Å². The molecule has 7 aromatic rings. The highest BCUT2D eigenvalue weighted by molar-refractivity contribution is 5.97. The predicted octanol–water partition coefficient (Wildman–Crippen LogP) is 10.5. The number of aromatic hydroxyl groups is 1. The number of hydrogen-bond donors (Lipinski definition) is 1. The number of pyridine rings is 1. The van der Waals surface area contributed by atoms with E-state index in [4.69, 9.17) is 14.4 Å². The van der Waals surface area contributed by atoms with Gasteiger partial charge in [0.2, 0.25) is 5.89 Å². The van der Waals surface area contributed by atoms with Gasteiger partial charge in [-0.2, -0.15) is 0 Å². The van der Waals surface area contributed by atoms with Crippen molar-refractivity contribution in [3.05, 3.63) is 138 Å². The molecule has 0 spiro atoms. The van der Waals surface area contributed by atoms with Gasteiger partial charge >= 0.3 is 0 Å². The summed E-state index contributed by atoms with van der Waals surface area (Å²) in [7, 11) is 0. The van der Waals surface area contributed by atoms with Gasteiger partial charge in [0.1, 0.15) is 11.3 Å². The van der Waals surface area contributed by atoms with Gasteiger partial charge in [-0.3, -0.25) is 4.98 Å². The first-order chi connectivity index (χ1) is 21.3. The fraction of sp³-hybridized carbons (Fsp3) is 0.150. The maximum atomic E-state index is 10.5. The lowest BCUT2D eigenvalue weighted by molar-refractivity contribution is 0.474.